The van der Waals surface area contributed by atoms with Crippen LogP contribution in [0.2, 0.25) is 0 Å². The number of rotatable bonds is 4. The molecule has 3 aromatic rings. The molecule has 2 N–H and O–H groups in total. The number of fused-ring (bicyclic) bond motifs is 1. The number of amides is 1. The molecular weight excluding hydrogens is 298 g/mol. The molecule has 0 unspecified atom stereocenters. The van der Waals surface area contributed by atoms with E-state index in [1.807, 2.05) is 18.2 Å². The van der Waals surface area contributed by atoms with Crippen molar-refractivity contribution >= 4 is 16.9 Å². The van der Waals surface area contributed by atoms with E-state index in [1.54, 1.807) is 19.9 Å². The fourth-order valence-corrected chi connectivity index (χ4v) is 2.49. The van der Waals surface area contributed by atoms with Crippen LogP contribution in [0.5, 0.6) is 0 Å². The van der Waals surface area contributed by atoms with E-state index in [2.05, 4.69) is 15.5 Å². The normalized spacial score (nSPS) is 11.8. The molecule has 7 nitrogen and oxygen atoms in total. The number of hydrogen-bond donors (Lipinski definition) is 2. The first-order valence-corrected chi connectivity index (χ1v) is 7.17. The molecule has 0 saturated heterocycles. The number of benzene rings is 1. The smallest absolute Gasteiger partial charge is 0.294 e. The lowest BCUT2D eigenvalue weighted by molar-refractivity contribution is -0.120. The van der Waals surface area contributed by atoms with Crippen molar-refractivity contribution in [3.63, 3.8) is 0 Å². The Balaban J connectivity index is 2.05. The highest BCUT2D eigenvalue weighted by Crippen LogP contribution is 2.33. The van der Waals surface area contributed by atoms with E-state index in [4.69, 9.17) is 8.94 Å². The average molecular weight is 315 g/mol. The van der Waals surface area contributed by atoms with E-state index in [1.165, 1.54) is 6.92 Å². The van der Waals surface area contributed by atoms with Crippen molar-refractivity contribution in [2.24, 2.45) is 0 Å². The van der Waals surface area contributed by atoms with Crippen LogP contribution >= 0.6 is 0 Å². The van der Waals surface area contributed by atoms with Crippen molar-refractivity contribution in [3.8, 4) is 11.7 Å². The van der Waals surface area contributed by atoms with Gasteiger partial charge in [0.05, 0.1) is 12.1 Å². The Hall–Kier alpha value is -2.67. The molecule has 3 rings (SSSR count). The Morgan fingerprint density at radius 3 is 2.78 bits per heavy atom. The van der Waals surface area contributed by atoms with Gasteiger partial charge in [-0.25, -0.2) is 0 Å². The predicted octanol–water partition coefficient (Wildman–Crippen LogP) is 2.35. The van der Waals surface area contributed by atoms with Crippen LogP contribution in [-0.4, -0.2) is 21.2 Å². The lowest BCUT2D eigenvalue weighted by atomic mass is 10.1. The predicted molar refractivity (Wildman–Crippen MR) is 82.3 cm³/mol. The minimum Gasteiger partial charge on any atom is -0.450 e. The van der Waals surface area contributed by atoms with Gasteiger partial charge < -0.3 is 19.4 Å². The number of nitrogens with one attached hydrogen (secondary N) is 1. The Labute approximate surface area is 132 Å². The van der Waals surface area contributed by atoms with E-state index in [-0.39, 0.29) is 18.4 Å². The quantitative estimate of drug-likeness (QED) is 0.766. The fourth-order valence-electron chi connectivity index (χ4n) is 2.49. The first-order valence-electron chi connectivity index (χ1n) is 7.17. The molecule has 2 heterocycles. The van der Waals surface area contributed by atoms with E-state index < -0.39 is 5.54 Å². The van der Waals surface area contributed by atoms with E-state index in [0.717, 1.165) is 5.39 Å². The van der Waals surface area contributed by atoms with Gasteiger partial charge in [0.2, 0.25) is 5.91 Å². The Morgan fingerprint density at radius 1 is 1.35 bits per heavy atom. The maximum Gasteiger partial charge on any atom is 0.294 e. The number of furan rings is 1. The maximum absolute atomic E-state index is 11.3. The first kappa shape index (κ1) is 15.2. The van der Waals surface area contributed by atoms with Crippen molar-refractivity contribution in [3.05, 3.63) is 35.7 Å². The molecule has 7 heteroatoms. The van der Waals surface area contributed by atoms with Crippen LogP contribution in [-0.2, 0) is 16.9 Å². The molecule has 2 aromatic heterocycles. The first-order chi connectivity index (χ1) is 10.9. The molecular formula is C16H17N3O4. The molecule has 0 saturated carbocycles. The largest absolute Gasteiger partial charge is 0.450 e. The number of aromatic nitrogens is 2. The number of aliphatic hydroxyl groups excluding tert-OH is 1. The van der Waals surface area contributed by atoms with Crippen LogP contribution in [0, 0.1) is 0 Å². The highest BCUT2D eigenvalue weighted by molar-refractivity contribution is 5.86. The van der Waals surface area contributed by atoms with Crippen molar-refractivity contribution in [1.82, 2.24) is 15.5 Å². The van der Waals surface area contributed by atoms with Gasteiger partial charge in [-0.2, -0.15) is 4.98 Å². The zero-order valence-electron chi connectivity index (χ0n) is 13.1. The summed E-state index contributed by atoms with van der Waals surface area (Å²) in [5.41, 5.74) is 0.444. The summed E-state index contributed by atoms with van der Waals surface area (Å²) in [6, 6.07) is 7.36. The minimum atomic E-state index is -0.779. The van der Waals surface area contributed by atoms with Gasteiger partial charge in [-0.1, -0.05) is 23.4 Å². The summed E-state index contributed by atoms with van der Waals surface area (Å²) in [6.07, 6.45) is 0. The monoisotopic (exact) mass is 315 g/mol. The lowest BCUT2D eigenvalue weighted by Gasteiger charge is -2.20. The van der Waals surface area contributed by atoms with Crippen molar-refractivity contribution < 1.29 is 18.8 Å². The van der Waals surface area contributed by atoms with E-state index >= 15 is 0 Å². The number of hydrogen-bond acceptors (Lipinski definition) is 6. The fraction of sp³-hybridized carbons (Fsp3) is 0.312. The molecule has 0 aliphatic carbocycles. The molecule has 0 spiro atoms. The third kappa shape index (κ3) is 2.70. The Bertz CT molecular complexity index is 863. The zero-order chi connectivity index (χ0) is 16.6. The Morgan fingerprint density at radius 2 is 2.09 bits per heavy atom. The molecule has 120 valence electrons. The standard InChI is InChI=1S/C16H17N3O4/c1-9(21)18-16(2,3)15-17-14(23-19-15)13-11(8-20)10-6-4-5-7-12(10)22-13/h4-7,20H,8H2,1-3H3,(H,18,21). The number of carbonyl (C=O) groups is 1. The van der Waals surface area contributed by atoms with Crippen LogP contribution < -0.4 is 5.32 Å². The van der Waals surface area contributed by atoms with Crippen LogP contribution in [0.25, 0.3) is 22.6 Å². The van der Waals surface area contributed by atoms with E-state index in [0.29, 0.717) is 22.7 Å². The van der Waals surface area contributed by atoms with Gasteiger partial charge in [-0.05, 0) is 19.9 Å². The van der Waals surface area contributed by atoms with Gasteiger partial charge >= 0.3 is 0 Å². The van der Waals surface area contributed by atoms with Crippen LogP contribution in [0.4, 0.5) is 0 Å². The maximum atomic E-state index is 11.3. The second-order valence-electron chi connectivity index (χ2n) is 5.79. The highest BCUT2D eigenvalue weighted by atomic mass is 16.5. The molecule has 0 fully saturated rings. The molecule has 0 atom stereocenters. The molecule has 23 heavy (non-hydrogen) atoms. The van der Waals surface area contributed by atoms with E-state index in [9.17, 15) is 9.90 Å². The molecule has 0 aliphatic rings. The van der Waals surface area contributed by atoms with Gasteiger partial charge in [0.25, 0.3) is 5.89 Å². The molecule has 0 radical (unpaired) electrons. The number of carbonyl (C=O) groups excluding carboxylic acids is 1. The Kier molecular flexibility index (Phi) is 3.65. The van der Waals surface area contributed by atoms with Crippen molar-refractivity contribution in [2.45, 2.75) is 32.9 Å². The minimum absolute atomic E-state index is 0.165. The van der Waals surface area contributed by atoms with Gasteiger partial charge in [-0.15, -0.1) is 0 Å². The lowest BCUT2D eigenvalue weighted by Crippen LogP contribution is -2.40. The summed E-state index contributed by atoms with van der Waals surface area (Å²) < 4.78 is 11.0. The molecule has 1 aromatic carbocycles. The van der Waals surface area contributed by atoms with Crippen LogP contribution in [0.3, 0.4) is 0 Å². The van der Waals surface area contributed by atoms with Gasteiger partial charge in [0.15, 0.2) is 11.6 Å². The van der Waals surface area contributed by atoms with Crippen LogP contribution in [0.15, 0.2) is 33.2 Å². The van der Waals surface area contributed by atoms with Crippen molar-refractivity contribution in [1.29, 1.82) is 0 Å². The van der Waals surface area contributed by atoms with Gasteiger partial charge in [0, 0.05) is 17.9 Å². The molecule has 0 bridgehead atoms. The van der Waals surface area contributed by atoms with Gasteiger partial charge in [0.1, 0.15) is 5.58 Å². The summed E-state index contributed by atoms with van der Waals surface area (Å²) in [5.74, 6) is 0.637. The zero-order valence-corrected chi connectivity index (χ0v) is 13.1. The summed E-state index contributed by atoms with van der Waals surface area (Å²) in [4.78, 5) is 15.6. The van der Waals surface area contributed by atoms with Crippen LogP contribution in [0.1, 0.15) is 32.2 Å². The average Bonchev–Trinajstić information content (AvgIpc) is 3.10. The summed E-state index contributed by atoms with van der Waals surface area (Å²) >= 11 is 0. The second kappa shape index (κ2) is 5.51. The second-order valence-corrected chi connectivity index (χ2v) is 5.79. The van der Waals surface area contributed by atoms with Gasteiger partial charge in [-0.3, -0.25) is 4.79 Å². The molecule has 0 aliphatic heterocycles. The summed E-state index contributed by atoms with van der Waals surface area (Å²) in [5, 5.41) is 17.1. The third-order valence-electron chi connectivity index (χ3n) is 3.52. The highest BCUT2D eigenvalue weighted by Gasteiger charge is 2.29. The number of aliphatic hydroxyl groups is 1. The topological polar surface area (TPSA) is 101 Å². The summed E-state index contributed by atoms with van der Waals surface area (Å²) in [6.45, 7) is 4.76. The summed E-state index contributed by atoms with van der Waals surface area (Å²) in [7, 11) is 0. The third-order valence-corrected chi connectivity index (χ3v) is 3.52. The SMILES string of the molecule is CC(=O)NC(C)(C)c1noc(-c2oc3ccccc3c2CO)n1. The number of para-hydroxylation sites is 1. The molecule has 1 amide bonds. The van der Waals surface area contributed by atoms with Crippen molar-refractivity contribution in [2.75, 3.05) is 0 Å². The number of nitrogens with zero attached hydrogens (tertiary/aromatic N) is 2.